The minimum Gasteiger partial charge on any atom is -0.490 e. The quantitative estimate of drug-likeness (QED) is 0.492. The van der Waals surface area contributed by atoms with E-state index >= 15 is 0 Å². The fourth-order valence-electron chi connectivity index (χ4n) is 2.33. The third-order valence-corrected chi connectivity index (χ3v) is 3.56. The maximum atomic E-state index is 13.3. The van der Waals surface area contributed by atoms with Crippen molar-refractivity contribution in [1.29, 1.82) is 0 Å². The Hall–Kier alpha value is -3.23. The zero-order valence-electron chi connectivity index (χ0n) is 15.5. The Morgan fingerprint density at radius 1 is 1.00 bits per heavy atom. The molecule has 0 bridgehead atoms. The molecular weight excluding hydrogens is 374 g/mol. The lowest BCUT2D eigenvalue weighted by atomic mass is 10.1. The van der Waals surface area contributed by atoms with E-state index in [1.165, 1.54) is 6.07 Å². The highest BCUT2D eigenvalue weighted by Gasteiger charge is 2.22. The van der Waals surface area contributed by atoms with E-state index in [-0.39, 0.29) is 22.7 Å². The summed E-state index contributed by atoms with van der Waals surface area (Å²) in [5.41, 5.74) is -0.913. The topological polar surface area (TPSA) is 90.7 Å². The Bertz CT molecular complexity index is 853. The smallest absolute Gasteiger partial charge is 0.296 e. The Morgan fingerprint density at radius 2 is 1.54 bits per heavy atom. The molecule has 0 atom stereocenters. The molecule has 0 unspecified atom stereocenters. The number of nitro groups is 1. The predicted octanol–water partition coefficient (Wildman–Crippen LogP) is 4.70. The molecule has 28 heavy (non-hydrogen) atoms. The van der Waals surface area contributed by atoms with Crippen molar-refractivity contribution in [1.82, 2.24) is 0 Å². The highest BCUT2D eigenvalue weighted by molar-refractivity contribution is 6.05. The number of ether oxygens (including phenoxy) is 2. The van der Waals surface area contributed by atoms with Gasteiger partial charge in [0, 0.05) is 17.7 Å². The van der Waals surface area contributed by atoms with E-state index in [1.807, 2.05) is 13.8 Å². The molecule has 1 N–H and O–H groups in total. The first-order valence-electron chi connectivity index (χ1n) is 8.71. The van der Waals surface area contributed by atoms with Crippen molar-refractivity contribution < 1.29 is 28.0 Å². The number of amides is 1. The molecule has 0 aliphatic carbocycles. The summed E-state index contributed by atoms with van der Waals surface area (Å²) in [5, 5.41) is 13.8. The van der Waals surface area contributed by atoms with E-state index in [2.05, 4.69) is 5.32 Å². The van der Waals surface area contributed by atoms with Crippen LogP contribution in [0.1, 0.15) is 37.0 Å². The van der Waals surface area contributed by atoms with Crippen LogP contribution in [0.5, 0.6) is 11.5 Å². The van der Waals surface area contributed by atoms with Crippen LogP contribution < -0.4 is 14.8 Å². The normalized spacial score (nSPS) is 10.4. The highest BCUT2D eigenvalue weighted by atomic mass is 19.1. The number of hydrogen-bond acceptors (Lipinski definition) is 5. The van der Waals surface area contributed by atoms with Gasteiger partial charge in [0.15, 0.2) is 11.5 Å². The maximum Gasteiger partial charge on any atom is 0.296 e. The summed E-state index contributed by atoms with van der Waals surface area (Å²) in [6.45, 7) is 4.43. The van der Waals surface area contributed by atoms with Crippen LogP contribution in [0.25, 0.3) is 0 Å². The largest absolute Gasteiger partial charge is 0.490 e. The summed E-state index contributed by atoms with van der Waals surface area (Å²) in [5.74, 6) is -2.37. The summed E-state index contributed by atoms with van der Waals surface area (Å²) in [7, 11) is 0. The van der Waals surface area contributed by atoms with Gasteiger partial charge in [0.2, 0.25) is 0 Å². The third kappa shape index (κ3) is 5.38. The Balaban J connectivity index is 2.42. The Morgan fingerprint density at radius 3 is 2.04 bits per heavy atom. The molecule has 2 aromatic carbocycles. The monoisotopic (exact) mass is 394 g/mol. The van der Waals surface area contributed by atoms with E-state index in [9.17, 15) is 23.7 Å². The lowest BCUT2D eigenvalue weighted by molar-refractivity contribution is -0.384. The maximum absolute atomic E-state index is 13.3. The second-order valence-corrected chi connectivity index (χ2v) is 5.88. The molecule has 0 aromatic heterocycles. The zero-order valence-corrected chi connectivity index (χ0v) is 15.5. The molecule has 2 rings (SSSR count). The number of halogens is 2. The number of benzene rings is 2. The predicted molar refractivity (Wildman–Crippen MR) is 99.0 cm³/mol. The van der Waals surface area contributed by atoms with Gasteiger partial charge in [-0.05, 0) is 25.0 Å². The van der Waals surface area contributed by atoms with Crippen molar-refractivity contribution in [2.45, 2.75) is 26.7 Å². The molecule has 1 amide bonds. The number of anilines is 1. The molecule has 2 aromatic rings. The second kappa shape index (κ2) is 9.63. The molecular formula is C19H20F2N2O5. The van der Waals surface area contributed by atoms with Gasteiger partial charge in [0.25, 0.3) is 11.6 Å². The summed E-state index contributed by atoms with van der Waals surface area (Å²) in [6, 6.07) is 4.71. The van der Waals surface area contributed by atoms with Crippen LogP contribution >= 0.6 is 0 Å². The zero-order chi connectivity index (χ0) is 20.7. The molecule has 0 saturated heterocycles. The van der Waals surface area contributed by atoms with Crippen LogP contribution in [0.15, 0.2) is 30.3 Å². The summed E-state index contributed by atoms with van der Waals surface area (Å²) in [6.07, 6.45) is 1.37. The third-order valence-electron chi connectivity index (χ3n) is 3.56. The van der Waals surface area contributed by atoms with Crippen molar-refractivity contribution >= 4 is 17.3 Å². The van der Waals surface area contributed by atoms with Crippen LogP contribution in [0.4, 0.5) is 20.2 Å². The van der Waals surface area contributed by atoms with Gasteiger partial charge in [-0.2, -0.15) is 0 Å². The van der Waals surface area contributed by atoms with Gasteiger partial charge < -0.3 is 14.8 Å². The average molecular weight is 394 g/mol. The fourth-order valence-corrected chi connectivity index (χ4v) is 2.33. The number of nitro benzene ring substituents is 1. The van der Waals surface area contributed by atoms with E-state index < -0.39 is 28.2 Å². The first-order chi connectivity index (χ1) is 13.3. The molecule has 0 spiro atoms. The molecule has 0 fully saturated rings. The van der Waals surface area contributed by atoms with Gasteiger partial charge in [-0.1, -0.05) is 13.8 Å². The van der Waals surface area contributed by atoms with E-state index in [0.29, 0.717) is 32.1 Å². The van der Waals surface area contributed by atoms with E-state index in [0.717, 1.165) is 18.2 Å². The summed E-state index contributed by atoms with van der Waals surface area (Å²) < 4.78 is 37.8. The molecule has 0 aliphatic rings. The van der Waals surface area contributed by atoms with E-state index in [1.54, 1.807) is 0 Å². The van der Waals surface area contributed by atoms with Crippen molar-refractivity contribution in [2.75, 3.05) is 18.5 Å². The van der Waals surface area contributed by atoms with E-state index in [4.69, 9.17) is 9.47 Å². The Labute approximate surface area is 160 Å². The van der Waals surface area contributed by atoms with Gasteiger partial charge in [-0.25, -0.2) is 8.78 Å². The standard InChI is InChI=1S/C19H20F2N2O5/c1-3-5-27-17-10-15(16(23(25)26)11-18(17)28-6-4-2)22-19(24)12-7-13(20)9-14(21)8-12/h7-11H,3-6H2,1-2H3,(H,22,24). The molecule has 0 aliphatic heterocycles. The number of rotatable bonds is 9. The van der Waals surface area contributed by atoms with Gasteiger partial charge in [0.1, 0.15) is 17.3 Å². The average Bonchev–Trinajstić information content (AvgIpc) is 2.64. The number of nitrogens with zero attached hydrogens (tertiary/aromatic N) is 1. The van der Waals surface area contributed by atoms with Gasteiger partial charge in [-0.3, -0.25) is 14.9 Å². The van der Waals surface area contributed by atoms with Crippen molar-refractivity contribution in [2.24, 2.45) is 0 Å². The lowest BCUT2D eigenvalue weighted by Gasteiger charge is -2.14. The molecule has 150 valence electrons. The number of carbonyl (C=O) groups is 1. The van der Waals surface area contributed by atoms with Gasteiger partial charge in [0.05, 0.1) is 24.2 Å². The second-order valence-electron chi connectivity index (χ2n) is 5.88. The minimum absolute atomic E-state index is 0.172. The number of hydrogen-bond donors (Lipinski definition) is 1. The van der Waals surface area contributed by atoms with Crippen LogP contribution in [0, 0.1) is 21.7 Å². The Kier molecular flexibility index (Phi) is 7.25. The first kappa shape index (κ1) is 21.1. The summed E-state index contributed by atoms with van der Waals surface area (Å²) >= 11 is 0. The SMILES string of the molecule is CCCOc1cc(NC(=O)c2cc(F)cc(F)c2)c([N+](=O)[O-])cc1OCCC. The minimum atomic E-state index is -0.935. The van der Waals surface area contributed by atoms with Crippen LogP contribution in [0.3, 0.4) is 0 Å². The molecule has 0 radical (unpaired) electrons. The summed E-state index contributed by atoms with van der Waals surface area (Å²) in [4.78, 5) is 23.1. The van der Waals surface area contributed by atoms with Crippen molar-refractivity contribution in [3.05, 3.63) is 57.6 Å². The van der Waals surface area contributed by atoms with Crippen LogP contribution in [0.2, 0.25) is 0 Å². The van der Waals surface area contributed by atoms with Gasteiger partial charge >= 0.3 is 0 Å². The highest BCUT2D eigenvalue weighted by Crippen LogP contribution is 2.38. The first-order valence-corrected chi connectivity index (χ1v) is 8.71. The number of nitrogens with one attached hydrogen (secondary N) is 1. The van der Waals surface area contributed by atoms with Gasteiger partial charge in [-0.15, -0.1) is 0 Å². The molecule has 9 heteroatoms. The molecule has 0 saturated carbocycles. The fraction of sp³-hybridized carbons (Fsp3) is 0.316. The molecule has 7 nitrogen and oxygen atoms in total. The number of carbonyl (C=O) groups excluding carboxylic acids is 1. The van der Waals surface area contributed by atoms with Crippen LogP contribution in [-0.4, -0.2) is 24.0 Å². The molecule has 0 heterocycles. The van der Waals surface area contributed by atoms with Crippen LogP contribution in [-0.2, 0) is 0 Å². The van der Waals surface area contributed by atoms with Crippen molar-refractivity contribution in [3.63, 3.8) is 0 Å². The van der Waals surface area contributed by atoms with Crippen molar-refractivity contribution in [3.8, 4) is 11.5 Å². The lowest BCUT2D eigenvalue weighted by Crippen LogP contribution is -2.14.